The predicted molar refractivity (Wildman–Crippen MR) is 111 cm³/mol. The summed E-state index contributed by atoms with van der Waals surface area (Å²) in [5, 5.41) is 30.4. The number of aliphatic carboxylic acids is 1. The maximum Gasteiger partial charge on any atom is 0.303 e. The van der Waals surface area contributed by atoms with Crippen LogP contribution in [0.1, 0.15) is 86.0 Å². The minimum Gasteiger partial charge on any atom is -0.481 e. The first-order valence-corrected chi connectivity index (χ1v) is 11.6. The summed E-state index contributed by atoms with van der Waals surface area (Å²) in [6.07, 6.45) is 6.49. The number of rotatable bonds is 5. The fourth-order valence-electron chi connectivity index (χ4n) is 7.64. The van der Waals surface area contributed by atoms with E-state index < -0.39 is 5.97 Å². The van der Waals surface area contributed by atoms with Crippen LogP contribution in [0.15, 0.2) is 0 Å². The maximum atomic E-state index is 11.2. The molecule has 0 aromatic heterocycles. The Balaban J connectivity index is 1.80. The fourth-order valence-corrected chi connectivity index (χ4v) is 7.64. The summed E-state index contributed by atoms with van der Waals surface area (Å²) in [6.45, 7) is 11.7. The van der Waals surface area contributed by atoms with Gasteiger partial charge in [0.15, 0.2) is 0 Å². The van der Waals surface area contributed by atoms with E-state index in [0.29, 0.717) is 35.5 Å². The van der Waals surface area contributed by atoms with Gasteiger partial charge in [0.05, 0.1) is 12.2 Å². The monoisotopic (exact) mass is 394 g/mol. The summed E-state index contributed by atoms with van der Waals surface area (Å²) in [5.74, 6) is 1.83. The van der Waals surface area contributed by atoms with E-state index >= 15 is 0 Å². The number of aliphatic hydroxyl groups excluding tert-OH is 2. The van der Waals surface area contributed by atoms with Crippen molar-refractivity contribution in [2.24, 2.45) is 46.3 Å². The number of hydrogen-bond acceptors (Lipinski definition) is 3. The summed E-state index contributed by atoms with van der Waals surface area (Å²) in [5.41, 5.74) is 0.383. The molecular weight excluding hydrogens is 352 g/mol. The highest BCUT2D eigenvalue weighted by molar-refractivity contribution is 5.66. The lowest BCUT2D eigenvalue weighted by molar-refractivity contribution is -0.181. The predicted octanol–water partition coefficient (Wildman–Crippen LogP) is 4.72. The van der Waals surface area contributed by atoms with Crippen molar-refractivity contribution in [3.8, 4) is 0 Å². The van der Waals surface area contributed by atoms with Crippen molar-refractivity contribution in [3.05, 3.63) is 0 Å². The molecule has 0 aromatic carbocycles. The topological polar surface area (TPSA) is 77.8 Å². The Morgan fingerprint density at radius 3 is 2.43 bits per heavy atom. The van der Waals surface area contributed by atoms with Crippen LogP contribution in [0, 0.1) is 46.3 Å². The number of aliphatic hydroxyl groups is 2. The van der Waals surface area contributed by atoms with Crippen LogP contribution >= 0.6 is 0 Å². The first-order valence-electron chi connectivity index (χ1n) is 11.6. The van der Waals surface area contributed by atoms with Crippen LogP contribution in [-0.4, -0.2) is 33.5 Å². The molecule has 0 spiro atoms. The van der Waals surface area contributed by atoms with E-state index in [0.717, 1.165) is 44.9 Å². The Labute approximate surface area is 171 Å². The van der Waals surface area contributed by atoms with Gasteiger partial charge in [-0.25, -0.2) is 0 Å². The summed E-state index contributed by atoms with van der Waals surface area (Å²) in [4.78, 5) is 11.0. The third-order valence-electron chi connectivity index (χ3n) is 10.1. The first kappa shape index (κ1) is 22.1. The number of carboxylic acids is 1. The standard InChI is InChI=1S/C24H42O4/c1-14(6-7-21(27)28)15(2)23(4)11-9-19-22(16(23)3)20(26)13-17-12-18(25)8-10-24(17,19)5/h14-20,22,25-26H,6-13H2,1-5H3,(H,27,28)/t14-,15?,16?,17?,18?,19?,20?,22?,23?,24?/m1/s1. The fraction of sp³-hybridized carbons (Fsp3) is 0.958. The Morgan fingerprint density at radius 1 is 1.11 bits per heavy atom. The Bertz CT molecular complexity index is 577. The average Bonchev–Trinajstić information content (AvgIpc) is 2.63. The van der Waals surface area contributed by atoms with Crippen molar-refractivity contribution in [2.75, 3.05) is 0 Å². The molecule has 4 heteroatoms. The zero-order chi connectivity index (χ0) is 20.9. The number of hydrogen-bond donors (Lipinski definition) is 3. The number of carboxylic acid groups (broad SMARTS) is 1. The normalized spacial score (nSPS) is 48.2. The molecule has 0 aliphatic heterocycles. The second-order valence-corrected chi connectivity index (χ2v) is 11.1. The van der Waals surface area contributed by atoms with Gasteiger partial charge in [-0.05, 0) is 91.3 Å². The quantitative estimate of drug-likeness (QED) is 0.630. The van der Waals surface area contributed by atoms with Crippen molar-refractivity contribution in [1.29, 1.82) is 0 Å². The molecule has 0 heterocycles. The van der Waals surface area contributed by atoms with E-state index in [-0.39, 0.29) is 29.5 Å². The molecule has 0 radical (unpaired) electrons. The molecule has 0 bridgehead atoms. The van der Waals surface area contributed by atoms with Gasteiger partial charge in [0.25, 0.3) is 0 Å². The van der Waals surface area contributed by atoms with Crippen molar-refractivity contribution in [2.45, 2.75) is 98.2 Å². The summed E-state index contributed by atoms with van der Waals surface area (Å²) in [7, 11) is 0. The molecule has 3 aliphatic rings. The molecule has 3 aliphatic carbocycles. The smallest absolute Gasteiger partial charge is 0.303 e. The lowest BCUT2D eigenvalue weighted by Gasteiger charge is -2.63. The van der Waals surface area contributed by atoms with Crippen LogP contribution in [0.2, 0.25) is 0 Å². The molecule has 0 amide bonds. The lowest BCUT2D eigenvalue weighted by Crippen LogP contribution is -2.59. The zero-order valence-electron chi connectivity index (χ0n) is 18.5. The average molecular weight is 395 g/mol. The Kier molecular flexibility index (Phi) is 6.23. The SMILES string of the molecule is CC1C2C(O)CC3CC(O)CCC3(C)C2CCC1(C)C(C)[C@H](C)CCC(=O)O. The third-order valence-corrected chi connectivity index (χ3v) is 10.1. The van der Waals surface area contributed by atoms with Gasteiger partial charge in [0.2, 0.25) is 0 Å². The van der Waals surface area contributed by atoms with Crippen molar-refractivity contribution >= 4 is 5.97 Å². The molecule has 162 valence electrons. The highest BCUT2D eigenvalue weighted by atomic mass is 16.4. The van der Waals surface area contributed by atoms with Gasteiger partial charge >= 0.3 is 5.97 Å². The largest absolute Gasteiger partial charge is 0.481 e. The Morgan fingerprint density at radius 2 is 1.79 bits per heavy atom. The van der Waals surface area contributed by atoms with E-state index in [2.05, 4.69) is 34.6 Å². The van der Waals surface area contributed by atoms with Gasteiger partial charge in [-0.3, -0.25) is 4.79 Å². The summed E-state index contributed by atoms with van der Waals surface area (Å²) in [6, 6.07) is 0. The first-order chi connectivity index (χ1) is 13.0. The van der Waals surface area contributed by atoms with Gasteiger partial charge in [0.1, 0.15) is 0 Å². The van der Waals surface area contributed by atoms with Gasteiger partial charge in [0, 0.05) is 6.42 Å². The highest BCUT2D eigenvalue weighted by Crippen LogP contribution is 2.64. The number of carbonyl (C=O) groups is 1. The summed E-state index contributed by atoms with van der Waals surface area (Å²) < 4.78 is 0. The van der Waals surface area contributed by atoms with Crippen LogP contribution in [0.5, 0.6) is 0 Å². The minimum atomic E-state index is -0.706. The van der Waals surface area contributed by atoms with Gasteiger partial charge in [-0.2, -0.15) is 0 Å². The molecule has 4 nitrogen and oxygen atoms in total. The summed E-state index contributed by atoms with van der Waals surface area (Å²) >= 11 is 0. The minimum absolute atomic E-state index is 0.136. The molecule has 10 atom stereocenters. The maximum absolute atomic E-state index is 11.2. The van der Waals surface area contributed by atoms with Crippen molar-refractivity contribution < 1.29 is 20.1 Å². The third kappa shape index (κ3) is 3.64. The van der Waals surface area contributed by atoms with Crippen LogP contribution in [0.4, 0.5) is 0 Å². The molecule has 3 fully saturated rings. The van der Waals surface area contributed by atoms with E-state index in [1.54, 1.807) is 0 Å². The second-order valence-electron chi connectivity index (χ2n) is 11.1. The molecule has 3 rings (SSSR count). The molecular formula is C24H42O4. The van der Waals surface area contributed by atoms with E-state index in [4.69, 9.17) is 5.11 Å². The van der Waals surface area contributed by atoms with Crippen molar-refractivity contribution in [3.63, 3.8) is 0 Å². The van der Waals surface area contributed by atoms with Crippen LogP contribution in [-0.2, 0) is 4.79 Å². The molecule has 9 unspecified atom stereocenters. The molecule has 0 saturated heterocycles. The molecule has 28 heavy (non-hydrogen) atoms. The van der Waals surface area contributed by atoms with Gasteiger partial charge < -0.3 is 15.3 Å². The zero-order valence-corrected chi connectivity index (χ0v) is 18.5. The number of fused-ring (bicyclic) bond motifs is 3. The van der Waals surface area contributed by atoms with Crippen LogP contribution in [0.3, 0.4) is 0 Å². The second kappa shape index (κ2) is 7.91. The molecule has 0 aromatic rings. The van der Waals surface area contributed by atoms with Crippen molar-refractivity contribution in [1.82, 2.24) is 0 Å². The Hall–Kier alpha value is -0.610. The van der Waals surface area contributed by atoms with Gasteiger partial charge in [-0.1, -0.05) is 34.6 Å². The van der Waals surface area contributed by atoms with Gasteiger partial charge in [-0.15, -0.1) is 0 Å². The molecule has 3 N–H and O–H groups in total. The lowest BCUT2D eigenvalue weighted by atomic mass is 9.42. The van der Waals surface area contributed by atoms with E-state index in [9.17, 15) is 15.0 Å². The van der Waals surface area contributed by atoms with E-state index in [1.807, 2.05) is 0 Å². The molecule has 3 saturated carbocycles. The van der Waals surface area contributed by atoms with Crippen LogP contribution in [0.25, 0.3) is 0 Å². The van der Waals surface area contributed by atoms with Crippen LogP contribution < -0.4 is 0 Å². The van der Waals surface area contributed by atoms with E-state index in [1.165, 1.54) is 0 Å². The highest BCUT2D eigenvalue weighted by Gasteiger charge is 2.59.